The first kappa shape index (κ1) is 33.4. The average Bonchev–Trinajstić information content (AvgIpc) is 3.13. The zero-order valence-corrected chi connectivity index (χ0v) is 27.9. The third-order valence-electron chi connectivity index (χ3n) is 6.62. The van der Waals surface area contributed by atoms with Crippen molar-refractivity contribution in [3.05, 3.63) is 97.1 Å². The van der Waals surface area contributed by atoms with Crippen LogP contribution in [0.2, 0.25) is 0 Å². The van der Waals surface area contributed by atoms with Crippen LogP contribution in [-0.2, 0) is 0 Å². The number of nitrogens with one attached hydrogen (secondary N) is 2. The molecule has 0 aliphatic rings. The lowest BCUT2D eigenvalue weighted by atomic mass is 10.2. The normalized spacial score (nSPS) is 10.4. The predicted octanol–water partition coefficient (Wildman–Crippen LogP) is 6.87. The van der Waals surface area contributed by atoms with Gasteiger partial charge in [0.1, 0.15) is 24.7 Å². The maximum absolute atomic E-state index is 6.09. The number of nitrogens with zero attached hydrogens (tertiary/aromatic N) is 6. The first-order chi connectivity index (χ1) is 24.5. The molecule has 0 spiro atoms. The highest BCUT2D eigenvalue weighted by molar-refractivity contribution is 8.76. The molecule has 0 radical (unpaired) electrons. The monoisotopic (exact) mass is 696 g/mol. The molecule has 0 bridgehead atoms. The predicted molar refractivity (Wildman–Crippen MR) is 199 cm³/mol. The Hall–Kier alpha value is -6.48. The third-order valence-corrected chi connectivity index (χ3v) is 9.10. The largest absolute Gasteiger partial charge is 0.481 e. The van der Waals surface area contributed by atoms with E-state index in [2.05, 4.69) is 52.4 Å². The van der Waals surface area contributed by atoms with E-state index in [-0.39, 0.29) is 25.1 Å². The summed E-state index contributed by atoms with van der Waals surface area (Å²) in [7, 11) is 3.09. The second-order valence-corrected chi connectivity index (χ2v) is 12.3. The molecule has 0 fully saturated rings. The summed E-state index contributed by atoms with van der Waals surface area (Å²) in [6.45, 7) is 0.297. The minimum atomic E-state index is 0.0685. The summed E-state index contributed by atoms with van der Waals surface area (Å²) in [5, 5.41) is 6.59. The van der Waals surface area contributed by atoms with Gasteiger partial charge in [0.25, 0.3) is 0 Å². The van der Waals surface area contributed by atoms with Crippen molar-refractivity contribution in [2.45, 2.75) is 9.79 Å². The zero-order chi connectivity index (χ0) is 34.7. The molecule has 4 aromatic carbocycles. The Morgan fingerprint density at radius 2 is 1.00 bits per heavy atom. The van der Waals surface area contributed by atoms with Crippen molar-refractivity contribution in [2.75, 3.05) is 35.3 Å². The van der Waals surface area contributed by atoms with Gasteiger partial charge < -0.3 is 31.6 Å². The number of hydrogen-bond donors (Lipinski definition) is 4. The van der Waals surface area contributed by atoms with Crippen molar-refractivity contribution >= 4 is 56.8 Å². The summed E-state index contributed by atoms with van der Waals surface area (Å²) in [6.07, 6.45) is 10.7. The van der Waals surface area contributed by atoms with Gasteiger partial charge in [0.15, 0.2) is 11.6 Å². The number of rotatable bonds is 13. The standard InChI is InChI=1S/C36H28N10O2S2/c1-3-19-47-25-13-9-11-23(21-25)31-41-33(37)45-35(43-31)39-27-15-5-7-17-29(27)49-50-30-18-8-6-16-28(30)40-36-44-32(42-34(38)46-36)24-12-10-14-26(22-24)48-20-4-2/h1-2,5-18,21-22H,19-20H2,(H3,37,39,41,43,45)(H3,38,40,42,44,46). The molecular formula is C36H28N10O2S2. The van der Waals surface area contributed by atoms with Gasteiger partial charge in [-0.15, -0.1) is 12.8 Å². The maximum atomic E-state index is 6.09. The van der Waals surface area contributed by atoms with Gasteiger partial charge in [-0.2, -0.15) is 29.9 Å². The number of ether oxygens (including phenoxy) is 2. The molecule has 50 heavy (non-hydrogen) atoms. The van der Waals surface area contributed by atoms with E-state index in [0.29, 0.717) is 46.2 Å². The number of nitrogen functional groups attached to an aromatic ring is 2. The molecule has 0 saturated heterocycles. The first-order valence-corrected chi connectivity index (χ1v) is 17.1. The SMILES string of the molecule is C#CCOc1cccc(-c2nc(N)nc(Nc3ccccc3SSc3ccccc3Nc3nc(N)nc(-c4cccc(OCC#C)c4)n3)n2)c1. The van der Waals surface area contributed by atoms with Crippen LogP contribution in [0.5, 0.6) is 11.5 Å². The lowest BCUT2D eigenvalue weighted by molar-refractivity contribution is 0.370. The fraction of sp³-hybridized carbons (Fsp3) is 0.0556. The molecular weight excluding hydrogens is 669 g/mol. The van der Waals surface area contributed by atoms with Gasteiger partial charge in [0.05, 0.1) is 11.4 Å². The van der Waals surface area contributed by atoms with Crippen LogP contribution in [0.15, 0.2) is 107 Å². The number of hydrogen-bond acceptors (Lipinski definition) is 14. The van der Waals surface area contributed by atoms with E-state index in [4.69, 9.17) is 33.8 Å². The van der Waals surface area contributed by atoms with Crippen molar-refractivity contribution in [3.63, 3.8) is 0 Å². The second-order valence-electron chi connectivity index (χ2n) is 10.1. The molecule has 246 valence electrons. The van der Waals surface area contributed by atoms with E-state index < -0.39 is 0 Å². The van der Waals surface area contributed by atoms with Crippen molar-refractivity contribution in [1.29, 1.82) is 0 Å². The van der Waals surface area contributed by atoms with Gasteiger partial charge in [-0.3, -0.25) is 0 Å². The average molecular weight is 697 g/mol. The van der Waals surface area contributed by atoms with E-state index in [0.717, 1.165) is 21.2 Å². The van der Waals surface area contributed by atoms with Gasteiger partial charge >= 0.3 is 0 Å². The first-order valence-electron chi connectivity index (χ1n) is 14.9. The van der Waals surface area contributed by atoms with Crippen molar-refractivity contribution in [1.82, 2.24) is 29.9 Å². The molecule has 0 aliphatic heterocycles. The Morgan fingerprint density at radius 1 is 0.560 bits per heavy atom. The highest BCUT2D eigenvalue weighted by atomic mass is 33.1. The molecule has 6 rings (SSSR count). The van der Waals surface area contributed by atoms with Crippen LogP contribution in [0, 0.1) is 24.7 Å². The lowest BCUT2D eigenvalue weighted by Crippen LogP contribution is -2.06. The Bertz CT molecular complexity index is 2060. The highest BCUT2D eigenvalue weighted by Gasteiger charge is 2.14. The number of benzene rings is 4. The minimum absolute atomic E-state index is 0.0685. The second kappa shape index (κ2) is 16.1. The maximum Gasteiger partial charge on any atom is 0.232 e. The molecule has 6 aromatic rings. The molecule has 2 heterocycles. The summed E-state index contributed by atoms with van der Waals surface area (Å²) >= 11 is 0. The van der Waals surface area contributed by atoms with Gasteiger partial charge in [0.2, 0.25) is 23.8 Å². The summed E-state index contributed by atoms with van der Waals surface area (Å²) < 4.78 is 11.1. The summed E-state index contributed by atoms with van der Waals surface area (Å²) in [6, 6.07) is 30.2. The minimum Gasteiger partial charge on any atom is -0.481 e. The summed E-state index contributed by atoms with van der Waals surface area (Å²) in [5.74, 6) is 7.60. The third kappa shape index (κ3) is 8.70. The summed E-state index contributed by atoms with van der Waals surface area (Å²) in [4.78, 5) is 28.4. The number of nitrogens with two attached hydrogens (primary N) is 2. The number of aromatic nitrogens is 6. The molecule has 14 heteroatoms. The van der Waals surface area contributed by atoms with Gasteiger partial charge in [-0.1, -0.05) is 82.0 Å². The Morgan fingerprint density at radius 3 is 1.44 bits per heavy atom. The Balaban J connectivity index is 1.19. The van der Waals surface area contributed by atoms with E-state index in [1.165, 1.54) is 0 Å². The van der Waals surface area contributed by atoms with Crippen LogP contribution < -0.4 is 31.6 Å². The molecule has 6 N–H and O–H groups in total. The Labute approximate surface area is 296 Å². The number of anilines is 6. The van der Waals surface area contributed by atoms with E-state index in [1.54, 1.807) is 45.9 Å². The van der Waals surface area contributed by atoms with Crippen LogP contribution in [0.25, 0.3) is 22.8 Å². The van der Waals surface area contributed by atoms with E-state index in [9.17, 15) is 0 Å². The molecule has 2 aromatic heterocycles. The molecule has 0 aliphatic carbocycles. The topological polar surface area (TPSA) is 172 Å². The van der Waals surface area contributed by atoms with Crippen LogP contribution in [0.3, 0.4) is 0 Å². The number of para-hydroxylation sites is 2. The summed E-state index contributed by atoms with van der Waals surface area (Å²) in [5.41, 5.74) is 15.1. The molecule has 12 nitrogen and oxygen atoms in total. The Kier molecular flexibility index (Phi) is 10.7. The van der Waals surface area contributed by atoms with E-state index in [1.807, 2.05) is 72.8 Å². The number of terminal acetylenes is 2. The fourth-order valence-electron chi connectivity index (χ4n) is 4.47. The van der Waals surface area contributed by atoms with Crippen LogP contribution >= 0.6 is 21.6 Å². The zero-order valence-electron chi connectivity index (χ0n) is 26.3. The molecule has 0 saturated carbocycles. The quantitative estimate of drug-likeness (QED) is 0.0728. The molecule has 0 amide bonds. The molecule has 0 atom stereocenters. The van der Waals surface area contributed by atoms with Crippen LogP contribution in [0.4, 0.5) is 35.2 Å². The van der Waals surface area contributed by atoms with Gasteiger partial charge in [-0.25, -0.2) is 0 Å². The highest BCUT2D eigenvalue weighted by Crippen LogP contribution is 2.44. The van der Waals surface area contributed by atoms with Crippen LogP contribution in [-0.4, -0.2) is 43.1 Å². The van der Waals surface area contributed by atoms with Crippen molar-refractivity contribution < 1.29 is 9.47 Å². The lowest BCUT2D eigenvalue weighted by Gasteiger charge is -2.13. The van der Waals surface area contributed by atoms with Gasteiger partial charge in [-0.05, 0) is 48.5 Å². The van der Waals surface area contributed by atoms with E-state index >= 15 is 0 Å². The van der Waals surface area contributed by atoms with Gasteiger partial charge in [0, 0.05) is 20.9 Å². The molecule has 0 unspecified atom stereocenters. The fourth-order valence-corrected chi connectivity index (χ4v) is 6.75. The van der Waals surface area contributed by atoms with Crippen LogP contribution in [0.1, 0.15) is 0 Å². The smallest absolute Gasteiger partial charge is 0.232 e. The van der Waals surface area contributed by atoms with Crippen molar-refractivity contribution in [3.8, 4) is 59.0 Å². The van der Waals surface area contributed by atoms with Crippen molar-refractivity contribution in [2.24, 2.45) is 0 Å².